The molecule has 0 unspecified atom stereocenters. The second kappa shape index (κ2) is 7.17. The molecule has 33 heavy (non-hydrogen) atoms. The summed E-state index contributed by atoms with van der Waals surface area (Å²) in [6, 6.07) is 17.5. The van der Waals surface area contributed by atoms with Gasteiger partial charge in [0.05, 0.1) is 0 Å². The summed E-state index contributed by atoms with van der Waals surface area (Å²) in [4.78, 5) is 29.0. The first-order chi connectivity index (χ1) is 15.7. The van der Waals surface area contributed by atoms with Crippen molar-refractivity contribution in [2.24, 2.45) is 0 Å². The van der Waals surface area contributed by atoms with Crippen LogP contribution in [0.2, 0.25) is 0 Å². The summed E-state index contributed by atoms with van der Waals surface area (Å²) in [6.45, 7) is 4.57. The number of amides is 2. The Morgan fingerprint density at radius 3 is 2.30 bits per heavy atom. The SMILES string of the molecule is CN1C(=O)C(=Cc2cc3c([te]2)-n2c4ccccc4c4cccc(c42)C3(C)C)C(=O)N(C)C1=[Te]. The van der Waals surface area contributed by atoms with Crippen LogP contribution in [0.1, 0.15) is 28.6 Å². The summed E-state index contributed by atoms with van der Waals surface area (Å²) in [7, 11) is 3.45. The Morgan fingerprint density at radius 1 is 0.909 bits per heavy atom. The van der Waals surface area contributed by atoms with Crippen molar-refractivity contribution < 1.29 is 9.59 Å². The molecule has 4 heterocycles. The summed E-state index contributed by atoms with van der Waals surface area (Å²) < 4.78 is 5.59. The van der Waals surface area contributed by atoms with E-state index in [1.165, 1.54) is 36.6 Å². The predicted octanol–water partition coefficient (Wildman–Crippen LogP) is 3.05. The van der Waals surface area contributed by atoms with Crippen LogP contribution < -0.4 is 0 Å². The number of carbonyl (C=O) groups excluding carboxylic acids is 2. The maximum absolute atomic E-state index is 12.9. The normalized spacial score (nSPS) is 17.3. The van der Waals surface area contributed by atoms with E-state index in [0.29, 0.717) is 3.80 Å². The van der Waals surface area contributed by atoms with E-state index in [9.17, 15) is 9.59 Å². The number of hydrogen-bond acceptors (Lipinski definition) is 2. The summed E-state index contributed by atoms with van der Waals surface area (Å²) >= 11 is 0.905. The average Bonchev–Trinajstić information content (AvgIpc) is 3.38. The molecule has 0 bridgehead atoms. The number of aromatic nitrogens is 1. The molecule has 0 spiro atoms. The third-order valence-electron chi connectivity index (χ3n) is 6.91. The van der Waals surface area contributed by atoms with Crippen LogP contribution in [0.3, 0.4) is 0 Å². The van der Waals surface area contributed by atoms with Gasteiger partial charge in [0, 0.05) is 0 Å². The molecule has 0 aliphatic carbocycles. The minimum atomic E-state index is -0.802. The van der Waals surface area contributed by atoms with Crippen LogP contribution in [0.15, 0.2) is 54.1 Å². The van der Waals surface area contributed by atoms with E-state index in [1.54, 1.807) is 45.7 Å². The Hall–Kier alpha value is -2.15. The van der Waals surface area contributed by atoms with Crippen molar-refractivity contribution in [2.45, 2.75) is 19.3 Å². The van der Waals surface area contributed by atoms with Gasteiger partial charge in [-0.2, -0.15) is 0 Å². The summed E-state index contributed by atoms with van der Waals surface area (Å²) in [5.41, 5.74) is 5.25. The first-order valence-corrected chi connectivity index (χ1v) is 14.2. The van der Waals surface area contributed by atoms with E-state index in [1.807, 2.05) is 6.08 Å². The molecular weight excluding hydrogens is 642 g/mol. The molecule has 2 aromatic carbocycles. The fourth-order valence-electron chi connectivity index (χ4n) is 5.08. The van der Waals surface area contributed by atoms with Crippen molar-refractivity contribution in [2.75, 3.05) is 14.1 Å². The Labute approximate surface area is 214 Å². The molecule has 5 nitrogen and oxygen atoms in total. The van der Waals surface area contributed by atoms with Gasteiger partial charge in [-0.15, -0.1) is 0 Å². The molecule has 2 amide bonds. The van der Waals surface area contributed by atoms with Crippen molar-refractivity contribution >= 4 is 85.7 Å². The van der Waals surface area contributed by atoms with Crippen LogP contribution in [0.4, 0.5) is 0 Å². The molecule has 164 valence electrons. The van der Waals surface area contributed by atoms with Gasteiger partial charge in [-0.25, -0.2) is 0 Å². The van der Waals surface area contributed by atoms with Crippen LogP contribution in [0, 0.1) is 0 Å². The number of para-hydroxylation sites is 2. The zero-order chi connectivity index (χ0) is 23.2. The van der Waals surface area contributed by atoms with Gasteiger partial charge >= 0.3 is 216 Å². The fraction of sp³-hybridized carbons (Fsp3) is 0.192. The number of nitrogens with zero attached hydrogens (tertiary/aromatic N) is 3. The molecule has 6 rings (SSSR count). The van der Waals surface area contributed by atoms with E-state index < -0.39 is 20.4 Å². The topological polar surface area (TPSA) is 45.6 Å². The average molecular weight is 663 g/mol. The molecule has 0 atom stereocenters. The van der Waals surface area contributed by atoms with Gasteiger partial charge in [0.25, 0.3) is 0 Å². The number of carbonyl (C=O) groups is 2. The Bertz CT molecular complexity index is 1560. The fourth-order valence-corrected chi connectivity index (χ4v) is 9.21. The number of rotatable bonds is 1. The van der Waals surface area contributed by atoms with Crippen LogP contribution in [-0.2, 0) is 15.0 Å². The van der Waals surface area contributed by atoms with Crippen LogP contribution in [0.5, 0.6) is 0 Å². The summed E-state index contributed by atoms with van der Waals surface area (Å²) in [5.74, 6) is -0.458. The number of benzene rings is 2. The van der Waals surface area contributed by atoms with Crippen molar-refractivity contribution in [1.29, 1.82) is 0 Å². The van der Waals surface area contributed by atoms with E-state index in [4.69, 9.17) is 0 Å². The molecule has 2 aromatic heterocycles. The Morgan fingerprint density at radius 2 is 1.58 bits per heavy atom. The zero-order valence-electron chi connectivity index (χ0n) is 18.7. The first kappa shape index (κ1) is 21.4. The van der Waals surface area contributed by atoms with Gasteiger partial charge in [0.2, 0.25) is 0 Å². The van der Waals surface area contributed by atoms with Gasteiger partial charge in [-0.05, 0) is 0 Å². The molecule has 2 aliphatic rings. The third kappa shape index (κ3) is 2.80. The molecule has 4 aromatic rings. The zero-order valence-corrected chi connectivity index (χ0v) is 23.3. The Balaban J connectivity index is 1.62. The number of hydrogen-bond donors (Lipinski definition) is 0. The molecule has 1 saturated heterocycles. The van der Waals surface area contributed by atoms with Gasteiger partial charge in [-0.1, -0.05) is 0 Å². The number of fused-ring (bicyclic) bond motifs is 5. The van der Waals surface area contributed by atoms with Crippen molar-refractivity contribution in [1.82, 2.24) is 14.4 Å². The molecule has 0 N–H and O–H groups in total. The van der Waals surface area contributed by atoms with Crippen LogP contribution in [-0.4, -0.2) is 86.3 Å². The van der Waals surface area contributed by atoms with Gasteiger partial charge in [0.1, 0.15) is 0 Å². The first-order valence-electron chi connectivity index (χ1n) is 10.7. The monoisotopic (exact) mass is 667 g/mol. The minimum absolute atomic E-state index is 0.150. The third-order valence-corrected chi connectivity index (χ3v) is 11.5. The van der Waals surface area contributed by atoms with Crippen LogP contribution >= 0.6 is 0 Å². The quantitative estimate of drug-likeness (QED) is 0.179. The maximum atomic E-state index is 12.9. The second-order valence-electron chi connectivity index (χ2n) is 9.12. The van der Waals surface area contributed by atoms with Crippen molar-refractivity contribution in [3.63, 3.8) is 0 Å². The molecule has 2 aliphatic heterocycles. The Kier molecular flexibility index (Phi) is 4.65. The molecule has 0 radical (unpaired) electrons. The predicted molar refractivity (Wildman–Crippen MR) is 134 cm³/mol. The van der Waals surface area contributed by atoms with Gasteiger partial charge in [-0.3, -0.25) is 0 Å². The van der Waals surface area contributed by atoms with E-state index in [-0.39, 0.29) is 22.8 Å². The molecule has 7 heteroatoms. The van der Waals surface area contributed by atoms with Crippen molar-refractivity contribution in [3.05, 3.63) is 68.8 Å². The second-order valence-corrected chi connectivity index (χ2v) is 13.2. The molecule has 1 fully saturated rings. The summed E-state index contributed by atoms with van der Waals surface area (Å²) in [5, 5.41) is 2.56. The number of likely N-dealkylation sites (N-methyl/N-ethyl adjacent to an activating group) is 2. The van der Waals surface area contributed by atoms with E-state index in [2.05, 4.69) is 66.9 Å². The standard InChI is InChI=1S/C26H21N3O2Te2/c1-26(2)18-10-7-9-16-15-8-5-6-11-20(15)29(21(16)18)24-19(26)13-14(33-24)12-17-22(30)27(3)25(32)28(4)23(17)31/h5-13H,1-4H3. The summed E-state index contributed by atoms with van der Waals surface area (Å²) in [6.07, 6.45) is 1.86. The van der Waals surface area contributed by atoms with E-state index in [0.717, 1.165) is 3.58 Å². The van der Waals surface area contributed by atoms with E-state index >= 15 is 0 Å². The van der Waals surface area contributed by atoms with Gasteiger partial charge in [0.15, 0.2) is 0 Å². The van der Waals surface area contributed by atoms with Crippen LogP contribution in [0.25, 0.3) is 31.6 Å². The molecular formula is C26H21N3O2Te2. The van der Waals surface area contributed by atoms with Crippen molar-refractivity contribution in [3.8, 4) is 3.70 Å². The molecule has 0 saturated carbocycles. The van der Waals surface area contributed by atoms with Gasteiger partial charge < -0.3 is 0 Å².